The Kier molecular flexibility index (Phi) is 7.67. The maximum Gasteiger partial charge on any atom is 0.275 e. The van der Waals surface area contributed by atoms with Gasteiger partial charge in [-0.3, -0.25) is 19.6 Å². The number of aromatic nitrogens is 1. The number of carbonyl (C=O) groups is 3. The highest BCUT2D eigenvalue weighted by molar-refractivity contribution is 6.08. The molecule has 0 saturated heterocycles. The molecule has 0 aliphatic carbocycles. The fourth-order valence-electron chi connectivity index (χ4n) is 2.64. The second kappa shape index (κ2) is 10.2. The predicted octanol–water partition coefficient (Wildman–Crippen LogP) is 1.23. The van der Waals surface area contributed by atoms with Crippen LogP contribution in [0.2, 0.25) is 0 Å². The van der Waals surface area contributed by atoms with Gasteiger partial charge in [0.05, 0.1) is 6.61 Å². The minimum atomic E-state index is -1.50. The average Bonchev–Trinajstić information content (AvgIpc) is 2.77. The monoisotopic (exact) mass is 400 g/mol. The Morgan fingerprint density at radius 1 is 1.10 bits per heavy atom. The quantitative estimate of drug-likeness (QED) is 0.348. The number of hydrogen-bond donors (Lipinski definition) is 3. The minimum absolute atomic E-state index is 0.284. The Bertz CT molecular complexity index is 836. The van der Waals surface area contributed by atoms with Gasteiger partial charge in [-0.2, -0.15) is 0 Å². The van der Waals surface area contributed by atoms with Crippen molar-refractivity contribution in [2.75, 3.05) is 20.7 Å². The Morgan fingerprint density at radius 2 is 1.76 bits per heavy atom. The topological polar surface area (TPSA) is 121 Å². The largest absolute Gasteiger partial charge is 0.478 e. The van der Waals surface area contributed by atoms with Gasteiger partial charge < -0.3 is 15.0 Å². The smallest absolute Gasteiger partial charge is 0.275 e. The van der Waals surface area contributed by atoms with Crippen molar-refractivity contribution >= 4 is 17.7 Å². The van der Waals surface area contributed by atoms with Crippen molar-refractivity contribution in [3.05, 3.63) is 48.2 Å². The summed E-state index contributed by atoms with van der Waals surface area (Å²) in [7, 11) is 2.64. The second-order valence-corrected chi connectivity index (χ2v) is 6.22. The third-order valence-corrected chi connectivity index (χ3v) is 4.22. The molecule has 154 valence electrons. The third-order valence-electron chi connectivity index (χ3n) is 4.22. The third kappa shape index (κ3) is 5.29. The van der Waals surface area contributed by atoms with Gasteiger partial charge in [-0.15, -0.1) is 0 Å². The van der Waals surface area contributed by atoms with E-state index in [1.54, 1.807) is 36.5 Å². The van der Waals surface area contributed by atoms with Gasteiger partial charge >= 0.3 is 0 Å². The number of ether oxygens (including phenoxy) is 1. The van der Waals surface area contributed by atoms with E-state index in [9.17, 15) is 14.4 Å². The first-order valence-electron chi connectivity index (χ1n) is 9.04. The van der Waals surface area contributed by atoms with E-state index in [2.05, 4.69) is 10.3 Å². The number of amides is 3. The number of rotatable bonds is 8. The Morgan fingerprint density at radius 3 is 2.28 bits per heavy atom. The lowest BCUT2D eigenvalue weighted by molar-refractivity contribution is -0.140. The van der Waals surface area contributed by atoms with Crippen molar-refractivity contribution in [1.29, 1.82) is 0 Å². The Labute approximate surface area is 168 Å². The van der Waals surface area contributed by atoms with Crippen LogP contribution >= 0.6 is 0 Å². The average molecular weight is 400 g/mol. The molecule has 9 heteroatoms. The molecule has 0 bridgehead atoms. The standard InChI is InChI=1S/C20H24N4O5/c1-4-11-29-16-10-9-15(12-22-16)13-5-7-14(8-6-13)20(27)24(3)17(18(25)21-2)19(26)23-28/h5-10,12,17,28H,4,11H2,1-3H3,(H,21,25)(H,23,26). The number of carbonyl (C=O) groups excluding carboxylic acids is 3. The number of hydrogen-bond acceptors (Lipinski definition) is 6. The summed E-state index contributed by atoms with van der Waals surface area (Å²) in [4.78, 5) is 41.6. The lowest BCUT2D eigenvalue weighted by Gasteiger charge is -2.25. The fourth-order valence-corrected chi connectivity index (χ4v) is 2.64. The fraction of sp³-hybridized carbons (Fsp3) is 0.300. The first kappa shape index (κ1) is 21.8. The first-order chi connectivity index (χ1) is 13.9. The normalized spacial score (nSPS) is 11.3. The van der Waals surface area contributed by atoms with E-state index < -0.39 is 23.8 Å². The lowest BCUT2D eigenvalue weighted by Crippen LogP contribution is -2.54. The molecule has 0 saturated carbocycles. The number of likely N-dealkylation sites (N-methyl/N-ethyl adjacent to an activating group) is 2. The van der Waals surface area contributed by atoms with Gasteiger partial charge in [0.1, 0.15) is 0 Å². The number of pyridine rings is 1. The van der Waals surface area contributed by atoms with Crippen LogP contribution < -0.4 is 15.5 Å². The van der Waals surface area contributed by atoms with Crippen LogP contribution in [0.4, 0.5) is 0 Å². The van der Waals surface area contributed by atoms with Crippen LogP contribution in [-0.2, 0) is 9.59 Å². The number of benzene rings is 1. The summed E-state index contributed by atoms with van der Waals surface area (Å²) in [6.45, 7) is 2.61. The van der Waals surface area contributed by atoms with Crippen LogP contribution in [-0.4, -0.2) is 59.6 Å². The van der Waals surface area contributed by atoms with Crippen molar-refractivity contribution < 1.29 is 24.3 Å². The summed E-state index contributed by atoms with van der Waals surface area (Å²) in [5, 5.41) is 11.1. The molecule has 1 aromatic heterocycles. The van der Waals surface area contributed by atoms with Crippen LogP contribution in [0.1, 0.15) is 23.7 Å². The molecular formula is C20H24N4O5. The van der Waals surface area contributed by atoms with Gasteiger partial charge in [-0.25, -0.2) is 10.5 Å². The van der Waals surface area contributed by atoms with Crippen LogP contribution in [0.3, 0.4) is 0 Å². The zero-order valence-corrected chi connectivity index (χ0v) is 16.5. The lowest BCUT2D eigenvalue weighted by atomic mass is 10.0. The molecule has 1 atom stereocenters. The van der Waals surface area contributed by atoms with E-state index in [1.165, 1.54) is 19.6 Å². The molecule has 0 aliphatic rings. The molecular weight excluding hydrogens is 376 g/mol. The number of nitrogens with one attached hydrogen (secondary N) is 2. The molecule has 3 N–H and O–H groups in total. The summed E-state index contributed by atoms with van der Waals surface area (Å²) in [6.07, 6.45) is 2.58. The summed E-state index contributed by atoms with van der Waals surface area (Å²) in [6, 6.07) is 8.81. The molecule has 2 aromatic rings. The van der Waals surface area contributed by atoms with E-state index >= 15 is 0 Å². The molecule has 0 aliphatic heterocycles. The van der Waals surface area contributed by atoms with Crippen LogP contribution in [0, 0.1) is 0 Å². The van der Waals surface area contributed by atoms with Crippen LogP contribution in [0.15, 0.2) is 42.6 Å². The molecule has 0 fully saturated rings. The van der Waals surface area contributed by atoms with Crippen molar-refractivity contribution in [2.45, 2.75) is 19.4 Å². The highest BCUT2D eigenvalue weighted by Crippen LogP contribution is 2.21. The molecule has 1 unspecified atom stereocenters. The second-order valence-electron chi connectivity index (χ2n) is 6.22. The highest BCUT2D eigenvalue weighted by Gasteiger charge is 2.33. The van der Waals surface area contributed by atoms with Gasteiger partial charge in [0.2, 0.25) is 5.88 Å². The molecule has 0 spiro atoms. The predicted molar refractivity (Wildman–Crippen MR) is 105 cm³/mol. The maximum atomic E-state index is 12.7. The van der Waals surface area contributed by atoms with Crippen molar-refractivity contribution in [3.8, 4) is 17.0 Å². The molecule has 1 aromatic carbocycles. The summed E-state index contributed by atoms with van der Waals surface area (Å²) in [5.74, 6) is -1.73. The molecule has 2 rings (SSSR count). The molecule has 1 heterocycles. The van der Waals surface area contributed by atoms with E-state index in [0.29, 0.717) is 12.5 Å². The summed E-state index contributed by atoms with van der Waals surface area (Å²) >= 11 is 0. The Balaban J connectivity index is 2.17. The van der Waals surface area contributed by atoms with E-state index in [1.807, 2.05) is 13.0 Å². The van der Waals surface area contributed by atoms with E-state index in [0.717, 1.165) is 22.4 Å². The molecule has 9 nitrogen and oxygen atoms in total. The van der Waals surface area contributed by atoms with Crippen LogP contribution in [0.25, 0.3) is 11.1 Å². The summed E-state index contributed by atoms with van der Waals surface area (Å²) < 4.78 is 5.46. The van der Waals surface area contributed by atoms with Gasteiger partial charge in [0.25, 0.3) is 17.7 Å². The van der Waals surface area contributed by atoms with Gasteiger partial charge in [-0.1, -0.05) is 19.1 Å². The SMILES string of the molecule is CCCOc1ccc(-c2ccc(C(=O)N(C)C(C(=O)NC)C(=O)NO)cc2)cn1. The van der Waals surface area contributed by atoms with Gasteiger partial charge in [0.15, 0.2) is 6.04 Å². The zero-order valence-electron chi connectivity index (χ0n) is 16.5. The van der Waals surface area contributed by atoms with Crippen LogP contribution in [0.5, 0.6) is 5.88 Å². The molecule has 29 heavy (non-hydrogen) atoms. The highest BCUT2D eigenvalue weighted by atomic mass is 16.5. The van der Waals surface area contributed by atoms with Crippen molar-refractivity contribution in [3.63, 3.8) is 0 Å². The Hall–Kier alpha value is -3.46. The van der Waals surface area contributed by atoms with Crippen molar-refractivity contribution in [1.82, 2.24) is 20.7 Å². The van der Waals surface area contributed by atoms with E-state index in [4.69, 9.17) is 9.94 Å². The maximum absolute atomic E-state index is 12.7. The zero-order chi connectivity index (χ0) is 21.4. The first-order valence-corrected chi connectivity index (χ1v) is 9.04. The molecule has 0 radical (unpaired) electrons. The summed E-state index contributed by atoms with van der Waals surface area (Å²) in [5.41, 5.74) is 3.38. The molecule has 3 amide bonds. The van der Waals surface area contributed by atoms with Crippen molar-refractivity contribution in [2.24, 2.45) is 0 Å². The number of hydroxylamine groups is 1. The van der Waals surface area contributed by atoms with E-state index in [-0.39, 0.29) is 5.56 Å². The number of nitrogens with zero attached hydrogens (tertiary/aromatic N) is 2. The van der Waals surface area contributed by atoms with Gasteiger partial charge in [0, 0.05) is 37.5 Å². The minimum Gasteiger partial charge on any atom is -0.478 e. The van der Waals surface area contributed by atoms with Gasteiger partial charge in [-0.05, 0) is 30.2 Å².